The number of imidazole rings is 1. The smallest absolute Gasteiger partial charge is 0.425 e. The number of hydrogen-bond donors (Lipinski definition) is 2. The molecule has 0 spiro atoms. The number of nitrogens with one attached hydrogen (secondary N) is 1. The number of rotatable bonds is 12. The third-order valence-electron chi connectivity index (χ3n) is 12.8. The van der Waals surface area contributed by atoms with Gasteiger partial charge >= 0.3 is 12.1 Å². The molecule has 340 valence electrons. The number of ether oxygens (including phenoxy) is 5. The van der Waals surface area contributed by atoms with E-state index < -0.39 is 83.1 Å². The second-order valence-corrected chi connectivity index (χ2v) is 17.6. The van der Waals surface area contributed by atoms with Gasteiger partial charge < -0.3 is 43.1 Å². The Balaban J connectivity index is 1.51. The highest BCUT2D eigenvalue weighted by atomic mass is 19.1. The summed E-state index contributed by atoms with van der Waals surface area (Å²) < 4.78 is 49.9. The number of aliphatic hydroxyl groups is 1. The Bertz CT molecular complexity index is 1850. The molecule has 2 aromatic heterocycles. The van der Waals surface area contributed by atoms with Gasteiger partial charge in [0.25, 0.3) is 5.67 Å². The summed E-state index contributed by atoms with van der Waals surface area (Å²) in [6.45, 7) is 14.0. The molecular formula is C43H66FN7O10. The number of aryl methyl sites for hydroxylation is 1. The maximum atomic E-state index is 17.0. The van der Waals surface area contributed by atoms with E-state index in [4.69, 9.17) is 28.5 Å². The molecule has 5 heterocycles. The maximum absolute atomic E-state index is 17.0. The van der Waals surface area contributed by atoms with Crippen molar-refractivity contribution in [1.82, 2.24) is 29.9 Å². The third-order valence-corrected chi connectivity index (χ3v) is 12.8. The molecule has 13 atom stereocenters. The quantitative estimate of drug-likeness (QED) is 0.131. The van der Waals surface area contributed by atoms with Crippen LogP contribution < -0.4 is 5.43 Å². The van der Waals surface area contributed by atoms with E-state index in [2.05, 4.69) is 20.5 Å². The van der Waals surface area contributed by atoms with E-state index in [0.29, 0.717) is 31.6 Å². The number of methoxy groups -OCH3 is 1. The molecule has 3 aliphatic rings. The van der Waals surface area contributed by atoms with Crippen molar-refractivity contribution < 1.29 is 52.4 Å². The number of Topliss-reactive ketones (excluding diaryl/α,β-unsaturated/α-hetero) is 1. The summed E-state index contributed by atoms with van der Waals surface area (Å²) in [4.78, 5) is 58.4. The first-order valence-electron chi connectivity index (χ1n) is 21.2. The van der Waals surface area contributed by atoms with Crippen molar-refractivity contribution in [2.75, 3.05) is 34.9 Å². The standard InChI is InChI=1S/C43H66FN7O10/c1-13-32-43(8)35(51(40(55)61-43)47-18-15-19-50-23-30(46-24-50)29-16-14-17-45-22-29)27(4)33(48-57-12)25(2)21-41(6,56-11)37(28(5)36(53)42(7,44)39(54)59-32)60-38-34(52)31(49(9)10)20-26(3)58-38/h14,16-17,22-28,31-32,34-35,37-38,47,52H,13,15,18-21H2,1-12H3/b48-33+/t25-,26-,27+,28+,31+,32-,34-,35-,37-,38+,41-,42+,43-/m1/s1. The highest BCUT2D eigenvalue weighted by molar-refractivity contribution is 6.08. The summed E-state index contributed by atoms with van der Waals surface area (Å²) in [5.41, 5.74) is -0.686. The van der Waals surface area contributed by atoms with E-state index in [1.165, 1.54) is 26.2 Å². The number of ketones is 1. The number of aromatic nitrogens is 3. The van der Waals surface area contributed by atoms with Crippen molar-refractivity contribution in [3.63, 3.8) is 0 Å². The number of halogens is 1. The van der Waals surface area contributed by atoms with Crippen molar-refractivity contribution in [2.24, 2.45) is 22.9 Å². The Hall–Kier alpha value is -4.07. The number of likely N-dealkylation sites (N-methyl/N-ethyl adjacent to an activating group) is 1. The highest BCUT2D eigenvalue weighted by Gasteiger charge is 2.62. The van der Waals surface area contributed by atoms with Gasteiger partial charge in [-0.25, -0.2) is 29.4 Å². The first kappa shape index (κ1) is 48.0. The van der Waals surface area contributed by atoms with Crippen LogP contribution in [0.4, 0.5) is 9.18 Å². The number of oxime groups is 1. The fraction of sp³-hybridized carbons (Fsp3) is 0.721. The minimum absolute atomic E-state index is 0.105. The zero-order valence-corrected chi connectivity index (χ0v) is 37.7. The van der Waals surface area contributed by atoms with Crippen LogP contribution in [0.3, 0.4) is 0 Å². The summed E-state index contributed by atoms with van der Waals surface area (Å²) in [5.74, 6) is -5.01. The molecule has 2 N–H and O–H groups in total. The molecule has 17 nitrogen and oxygen atoms in total. The van der Waals surface area contributed by atoms with Gasteiger partial charge in [0.2, 0.25) is 0 Å². The third kappa shape index (κ3) is 9.94. The number of carbonyl (C=O) groups is 3. The zero-order valence-electron chi connectivity index (χ0n) is 37.7. The van der Waals surface area contributed by atoms with E-state index in [9.17, 15) is 19.5 Å². The van der Waals surface area contributed by atoms with Crippen LogP contribution in [0.2, 0.25) is 0 Å². The van der Waals surface area contributed by atoms with Crippen LogP contribution in [0.15, 0.2) is 42.2 Å². The van der Waals surface area contributed by atoms with Crippen molar-refractivity contribution >= 4 is 23.6 Å². The Morgan fingerprint density at radius 2 is 1.84 bits per heavy atom. The highest BCUT2D eigenvalue weighted by Crippen LogP contribution is 2.43. The molecule has 0 aromatic carbocycles. The average Bonchev–Trinajstić information content (AvgIpc) is 3.80. The van der Waals surface area contributed by atoms with Gasteiger partial charge in [-0.15, -0.1) is 0 Å². The number of esters is 1. The molecule has 61 heavy (non-hydrogen) atoms. The predicted octanol–water partition coefficient (Wildman–Crippen LogP) is 4.57. The lowest BCUT2D eigenvalue weighted by molar-refractivity contribution is -0.295. The summed E-state index contributed by atoms with van der Waals surface area (Å²) in [6.07, 6.45) is 2.54. The molecule has 0 aliphatic carbocycles. The van der Waals surface area contributed by atoms with Crippen molar-refractivity contribution in [3.05, 3.63) is 37.1 Å². The van der Waals surface area contributed by atoms with Crippen LogP contribution in [0.5, 0.6) is 0 Å². The molecule has 0 bridgehead atoms. The number of fused-ring (bicyclic) bond motifs is 1. The van der Waals surface area contributed by atoms with Crippen LogP contribution >= 0.6 is 0 Å². The van der Waals surface area contributed by atoms with Gasteiger partial charge in [0.05, 0.1) is 35.5 Å². The van der Waals surface area contributed by atoms with Gasteiger partial charge in [0.15, 0.2) is 17.7 Å². The minimum atomic E-state index is -3.17. The normalized spacial score (nSPS) is 37.3. The molecule has 18 heteroatoms. The van der Waals surface area contributed by atoms with Crippen molar-refractivity contribution in [3.8, 4) is 11.3 Å². The summed E-state index contributed by atoms with van der Waals surface area (Å²) in [7, 11) is 6.55. The first-order chi connectivity index (χ1) is 28.7. The lowest BCUT2D eigenvalue weighted by Crippen LogP contribution is -2.62. The molecule has 0 saturated carbocycles. The molecule has 5 rings (SSSR count). The van der Waals surface area contributed by atoms with E-state index in [1.807, 2.05) is 62.7 Å². The summed E-state index contributed by atoms with van der Waals surface area (Å²) in [5, 5.41) is 17.4. The summed E-state index contributed by atoms with van der Waals surface area (Å²) in [6, 6.07) is 2.54. The number of cyclic esters (lactones) is 1. The van der Waals surface area contributed by atoms with Crippen LogP contribution in [0.25, 0.3) is 11.3 Å². The second-order valence-electron chi connectivity index (χ2n) is 17.6. The van der Waals surface area contributed by atoms with E-state index in [0.717, 1.165) is 18.2 Å². The fourth-order valence-electron chi connectivity index (χ4n) is 9.43. The van der Waals surface area contributed by atoms with Gasteiger partial charge in [-0.3, -0.25) is 9.78 Å². The zero-order chi connectivity index (χ0) is 45.0. The van der Waals surface area contributed by atoms with Gasteiger partial charge in [0.1, 0.15) is 25.4 Å². The lowest BCUT2D eigenvalue weighted by atomic mass is 9.73. The molecule has 3 aliphatic heterocycles. The molecule has 2 aromatic rings. The van der Waals surface area contributed by atoms with Crippen molar-refractivity contribution in [2.45, 2.75) is 147 Å². The topological polar surface area (TPSA) is 188 Å². The maximum Gasteiger partial charge on any atom is 0.425 e. The molecule has 3 saturated heterocycles. The van der Waals surface area contributed by atoms with Crippen LogP contribution in [-0.4, -0.2) is 148 Å². The minimum Gasteiger partial charge on any atom is -0.455 e. The van der Waals surface area contributed by atoms with Crippen LogP contribution in [0, 0.1) is 17.8 Å². The molecule has 0 radical (unpaired) electrons. The largest absolute Gasteiger partial charge is 0.455 e. The Labute approximate surface area is 358 Å². The monoisotopic (exact) mass is 859 g/mol. The second kappa shape index (κ2) is 19.5. The Kier molecular flexibility index (Phi) is 15.4. The molecule has 0 unspecified atom stereocenters. The number of carbonyl (C=O) groups excluding carboxylic acids is 3. The van der Waals surface area contributed by atoms with Crippen LogP contribution in [0.1, 0.15) is 81.1 Å². The number of pyridine rings is 1. The molecule has 3 fully saturated rings. The van der Waals surface area contributed by atoms with E-state index >= 15 is 4.39 Å². The van der Waals surface area contributed by atoms with Gasteiger partial charge in [-0.1, -0.05) is 32.9 Å². The number of amides is 1. The summed E-state index contributed by atoms with van der Waals surface area (Å²) >= 11 is 0. The van der Waals surface area contributed by atoms with E-state index in [1.54, 1.807) is 39.5 Å². The predicted molar refractivity (Wildman–Crippen MR) is 223 cm³/mol. The van der Waals surface area contributed by atoms with Gasteiger partial charge in [-0.2, -0.15) is 0 Å². The fourth-order valence-corrected chi connectivity index (χ4v) is 9.43. The van der Waals surface area contributed by atoms with Crippen LogP contribution in [-0.2, 0) is 44.7 Å². The average molecular weight is 860 g/mol. The van der Waals surface area contributed by atoms with Crippen molar-refractivity contribution in [1.29, 1.82) is 0 Å². The first-order valence-corrected chi connectivity index (χ1v) is 21.2. The number of aliphatic hydroxyl groups excluding tert-OH is 1. The SMILES string of the molecule is CC[C@H]1OC(=O)[C@@](C)(F)C(=O)[C@H](C)[C@@H](O[C@@H]2O[C@H](C)C[C@H](N(C)C)[C@H]2O)[C@](C)(OC)C[C@@H](C)/C(=N\OC)[C@H](C)[C@H]2N(NCCCn3cnc(-c4cccnc4)c3)C(=O)O[C@]12C. The van der Waals surface area contributed by atoms with Gasteiger partial charge in [-0.05, 0) is 79.6 Å². The Morgan fingerprint density at radius 3 is 2.46 bits per heavy atom. The number of hydrazine groups is 1. The number of nitrogens with zero attached hydrogens (tertiary/aromatic N) is 6. The Morgan fingerprint density at radius 1 is 1.11 bits per heavy atom. The number of hydrogen-bond acceptors (Lipinski definition) is 15. The number of alkyl halides is 1. The van der Waals surface area contributed by atoms with E-state index in [-0.39, 0.29) is 25.0 Å². The molecular weight excluding hydrogens is 794 g/mol. The molecule has 1 amide bonds. The lowest BCUT2D eigenvalue weighted by Gasteiger charge is -2.47. The van der Waals surface area contributed by atoms with Gasteiger partial charge in [0, 0.05) is 68.1 Å².